The van der Waals surface area contributed by atoms with Gasteiger partial charge in [-0.05, 0) is 23.6 Å². The number of rotatable bonds is 7. The van der Waals surface area contributed by atoms with Gasteiger partial charge in [0.15, 0.2) is 0 Å². The molecule has 3 N–H and O–H groups in total. The number of carboxylic acids is 1. The third kappa shape index (κ3) is 4.31. The molecule has 8 nitrogen and oxygen atoms in total. The van der Waals surface area contributed by atoms with Crippen molar-refractivity contribution in [3.63, 3.8) is 0 Å². The summed E-state index contributed by atoms with van der Waals surface area (Å²) in [7, 11) is 0. The maximum Gasteiger partial charge on any atom is 0.353 e. The summed E-state index contributed by atoms with van der Waals surface area (Å²) in [5, 5.41) is 18.1. The van der Waals surface area contributed by atoms with Gasteiger partial charge in [0.2, 0.25) is 5.91 Å². The van der Waals surface area contributed by atoms with Gasteiger partial charge in [0, 0.05) is 22.0 Å². The number of hydrogen-bond donors (Lipinski definition) is 3. The number of thiophene rings is 1. The summed E-state index contributed by atoms with van der Waals surface area (Å²) < 4.78 is 0. The maximum absolute atomic E-state index is 12.6. The number of nitrogens with one attached hydrogen (secondary N) is 2. The molecule has 2 unspecified atom stereocenters. The highest BCUT2D eigenvalue weighted by molar-refractivity contribution is 8.00. The van der Waals surface area contributed by atoms with Gasteiger partial charge < -0.3 is 15.8 Å². The third-order valence-electron chi connectivity index (χ3n) is 4.84. The van der Waals surface area contributed by atoms with E-state index >= 15 is 0 Å². The lowest BCUT2D eigenvalue weighted by Gasteiger charge is -2.49. The highest BCUT2D eigenvalue weighted by Gasteiger charge is 2.54. The predicted octanol–water partition coefficient (Wildman–Crippen LogP) is 1.11. The molecule has 29 heavy (non-hydrogen) atoms. The lowest BCUT2D eigenvalue weighted by atomic mass is 10.0. The van der Waals surface area contributed by atoms with E-state index in [0.717, 1.165) is 22.8 Å². The minimum atomic E-state index is -1.16. The second kappa shape index (κ2) is 8.80. The van der Waals surface area contributed by atoms with Crippen molar-refractivity contribution in [2.24, 2.45) is 5.10 Å². The molecule has 3 atom stereocenters. The number of aliphatic carboxylic acids is 1. The van der Waals surface area contributed by atoms with Gasteiger partial charge in [-0.25, -0.2) is 4.79 Å². The standard InChI is InChI=1S/C18H20N4O4S3/c23-13(6-12-2-1-4-28-12)20-14-16(24)22-15(18(25)26)10(8-29-17(14)22)7-19-21-11-3-5-27-9-11/h1-2,4,7,11,14,17,21H,3,5-6,8-9H2,(H,20,23)(H,25,26)/b19-7+/t11?,14?,17-/m1/s1. The molecule has 0 aliphatic carbocycles. The van der Waals surface area contributed by atoms with Crippen LogP contribution in [0.2, 0.25) is 0 Å². The first kappa shape index (κ1) is 20.3. The zero-order chi connectivity index (χ0) is 20.4. The topological polar surface area (TPSA) is 111 Å². The molecule has 0 saturated carbocycles. The molecule has 3 aliphatic heterocycles. The second-order valence-corrected chi connectivity index (χ2v) is 10.1. The van der Waals surface area contributed by atoms with Crippen LogP contribution >= 0.6 is 34.9 Å². The van der Waals surface area contributed by atoms with Crippen molar-refractivity contribution in [2.45, 2.75) is 30.3 Å². The largest absolute Gasteiger partial charge is 0.477 e. The van der Waals surface area contributed by atoms with Crippen LogP contribution in [0.5, 0.6) is 0 Å². The second-order valence-electron chi connectivity index (χ2n) is 6.84. The normalized spacial score (nSPS) is 26.4. The number of nitrogens with zero attached hydrogens (tertiary/aromatic N) is 2. The Labute approximate surface area is 180 Å². The molecular formula is C18H20N4O4S3. The molecule has 2 saturated heterocycles. The van der Waals surface area contributed by atoms with Crippen molar-refractivity contribution in [1.82, 2.24) is 15.6 Å². The average molecular weight is 453 g/mol. The van der Waals surface area contributed by atoms with E-state index in [2.05, 4.69) is 15.8 Å². The van der Waals surface area contributed by atoms with Gasteiger partial charge in [0.1, 0.15) is 17.1 Å². The van der Waals surface area contributed by atoms with Crippen molar-refractivity contribution >= 4 is 58.9 Å². The number of carbonyl (C=O) groups is 3. The van der Waals surface area contributed by atoms with Gasteiger partial charge in [-0.1, -0.05) is 6.07 Å². The number of β-lactam (4-membered cyclic amide) rings is 1. The van der Waals surface area contributed by atoms with Crippen LogP contribution in [0.15, 0.2) is 33.9 Å². The Hall–Kier alpha value is -1.98. The van der Waals surface area contributed by atoms with Crippen LogP contribution in [0.4, 0.5) is 0 Å². The van der Waals surface area contributed by atoms with Crippen LogP contribution in [-0.2, 0) is 20.8 Å². The molecule has 0 bridgehead atoms. The smallest absolute Gasteiger partial charge is 0.353 e. The summed E-state index contributed by atoms with van der Waals surface area (Å²) in [5.41, 5.74) is 3.50. The van der Waals surface area contributed by atoms with Gasteiger partial charge in [0.05, 0.1) is 18.7 Å². The Morgan fingerprint density at radius 2 is 2.28 bits per heavy atom. The molecule has 3 aliphatic rings. The monoisotopic (exact) mass is 452 g/mol. The van der Waals surface area contributed by atoms with Crippen molar-refractivity contribution in [1.29, 1.82) is 0 Å². The van der Waals surface area contributed by atoms with E-state index in [4.69, 9.17) is 0 Å². The highest BCUT2D eigenvalue weighted by atomic mass is 32.2. The number of hydrogen-bond acceptors (Lipinski definition) is 8. The van der Waals surface area contributed by atoms with Gasteiger partial charge in [-0.2, -0.15) is 16.9 Å². The number of thioether (sulfide) groups is 2. The van der Waals surface area contributed by atoms with Crippen LogP contribution in [-0.4, -0.2) is 68.7 Å². The van der Waals surface area contributed by atoms with E-state index in [-0.39, 0.29) is 18.0 Å². The van der Waals surface area contributed by atoms with Crippen molar-refractivity contribution < 1.29 is 19.5 Å². The van der Waals surface area contributed by atoms with Crippen molar-refractivity contribution in [3.05, 3.63) is 33.7 Å². The molecule has 0 aromatic carbocycles. The third-order valence-corrected chi connectivity index (χ3v) is 8.18. The summed E-state index contributed by atoms with van der Waals surface area (Å²) in [5.74, 6) is 0.692. The molecule has 2 amide bonds. The number of carbonyl (C=O) groups excluding carboxylic acids is 2. The minimum Gasteiger partial charge on any atom is -0.477 e. The van der Waals surface area contributed by atoms with Crippen molar-refractivity contribution in [3.8, 4) is 0 Å². The highest BCUT2D eigenvalue weighted by Crippen LogP contribution is 2.39. The summed E-state index contributed by atoms with van der Waals surface area (Å²) in [6.07, 6.45) is 2.75. The first-order valence-corrected chi connectivity index (χ1v) is 12.2. The zero-order valence-electron chi connectivity index (χ0n) is 15.4. The summed E-state index contributed by atoms with van der Waals surface area (Å²) in [6.45, 7) is 0. The molecule has 4 heterocycles. The SMILES string of the molecule is O=C(Cc1cccs1)NC1C(=O)N2C(C(=O)O)=C(/C=N/NC3CCSC3)CS[C@H]12. The van der Waals surface area contributed by atoms with E-state index < -0.39 is 23.3 Å². The zero-order valence-corrected chi connectivity index (χ0v) is 17.8. The molecule has 4 rings (SSSR count). The van der Waals surface area contributed by atoms with Gasteiger partial charge in [-0.3, -0.25) is 14.5 Å². The van der Waals surface area contributed by atoms with E-state index in [1.807, 2.05) is 29.3 Å². The van der Waals surface area contributed by atoms with Crippen LogP contribution in [0, 0.1) is 0 Å². The van der Waals surface area contributed by atoms with E-state index in [1.165, 1.54) is 34.2 Å². The molecule has 1 aromatic heterocycles. The molecule has 0 radical (unpaired) electrons. The van der Waals surface area contributed by atoms with Crippen LogP contribution in [0.1, 0.15) is 11.3 Å². The Kier molecular flexibility index (Phi) is 6.16. The first-order valence-electron chi connectivity index (χ1n) is 9.14. The lowest BCUT2D eigenvalue weighted by molar-refractivity contribution is -0.150. The number of hydrazone groups is 1. The van der Waals surface area contributed by atoms with E-state index in [9.17, 15) is 19.5 Å². The predicted molar refractivity (Wildman–Crippen MR) is 115 cm³/mol. The van der Waals surface area contributed by atoms with Gasteiger partial charge in [-0.15, -0.1) is 23.1 Å². The fourth-order valence-corrected chi connectivity index (χ4v) is 6.54. The minimum absolute atomic E-state index is 0.0474. The van der Waals surface area contributed by atoms with Crippen LogP contribution in [0.3, 0.4) is 0 Å². The summed E-state index contributed by atoms with van der Waals surface area (Å²) in [4.78, 5) is 38.9. The Bertz CT molecular complexity index is 864. The molecule has 154 valence electrons. The van der Waals surface area contributed by atoms with Crippen molar-refractivity contribution in [2.75, 3.05) is 17.3 Å². The molecule has 0 spiro atoms. The maximum atomic E-state index is 12.6. The Morgan fingerprint density at radius 1 is 1.41 bits per heavy atom. The number of fused-ring (bicyclic) bond motifs is 1. The molecular weight excluding hydrogens is 432 g/mol. The number of amides is 2. The lowest BCUT2D eigenvalue weighted by Crippen LogP contribution is -2.70. The fourth-order valence-electron chi connectivity index (χ4n) is 3.40. The van der Waals surface area contributed by atoms with E-state index in [0.29, 0.717) is 17.4 Å². The quantitative estimate of drug-likeness (QED) is 0.323. The van der Waals surface area contributed by atoms with Gasteiger partial charge in [0.25, 0.3) is 5.91 Å². The molecule has 2 fully saturated rings. The van der Waals surface area contributed by atoms with Crippen LogP contribution < -0.4 is 10.7 Å². The van der Waals surface area contributed by atoms with E-state index in [1.54, 1.807) is 0 Å². The average Bonchev–Trinajstić information content (AvgIpc) is 3.39. The first-order chi connectivity index (χ1) is 14.0. The summed E-state index contributed by atoms with van der Waals surface area (Å²) >= 11 is 4.77. The van der Waals surface area contributed by atoms with Crippen LogP contribution in [0.25, 0.3) is 0 Å². The Balaban J connectivity index is 1.42. The molecule has 11 heteroatoms. The molecule has 1 aromatic rings. The fraction of sp³-hybridized carbons (Fsp3) is 0.444. The van der Waals surface area contributed by atoms with Gasteiger partial charge >= 0.3 is 5.97 Å². The Morgan fingerprint density at radius 3 is 2.97 bits per heavy atom. The number of carboxylic acid groups (broad SMARTS) is 1. The summed E-state index contributed by atoms with van der Waals surface area (Å²) in [6, 6.07) is 3.33.